The van der Waals surface area contributed by atoms with Crippen LogP contribution in [0.1, 0.15) is 29.3 Å². The molecular formula is C16H15N3O2. The van der Waals surface area contributed by atoms with E-state index in [0.717, 1.165) is 5.01 Å². The molecular weight excluding hydrogens is 266 g/mol. The van der Waals surface area contributed by atoms with Crippen LogP contribution in [-0.4, -0.2) is 26.7 Å². The molecule has 1 aromatic heterocycles. The lowest BCUT2D eigenvalue weighted by Gasteiger charge is -2.31. The van der Waals surface area contributed by atoms with Crippen molar-refractivity contribution in [3.63, 3.8) is 0 Å². The van der Waals surface area contributed by atoms with Crippen LogP contribution in [0.4, 0.5) is 0 Å². The predicted octanol–water partition coefficient (Wildman–Crippen LogP) is 2.15. The Morgan fingerprint density at radius 1 is 1.24 bits per heavy atom. The van der Waals surface area contributed by atoms with Crippen molar-refractivity contribution in [3.05, 3.63) is 66.0 Å². The number of amides is 1. The number of benzene rings is 1. The van der Waals surface area contributed by atoms with Crippen molar-refractivity contribution in [1.29, 1.82) is 0 Å². The van der Waals surface area contributed by atoms with Crippen molar-refractivity contribution < 1.29 is 9.90 Å². The van der Waals surface area contributed by atoms with Gasteiger partial charge in [-0.3, -0.25) is 9.78 Å². The second kappa shape index (κ2) is 5.10. The van der Waals surface area contributed by atoms with Crippen LogP contribution in [-0.2, 0) is 5.72 Å². The van der Waals surface area contributed by atoms with Gasteiger partial charge in [0, 0.05) is 30.1 Å². The van der Waals surface area contributed by atoms with Gasteiger partial charge in [0.25, 0.3) is 5.91 Å². The fourth-order valence-electron chi connectivity index (χ4n) is 2.47. The molecule has 0 saturated heterocycles. The molecule has 21 heavy (non-hydrogen) atoms. The van der Waals surface area contributed by atoms with Crippen LogP contribution < -0.4 is 0 Å². The summed E-state index contributed by atoms with van der Waals surface area (Å²) in [6.07, 6.45) is 3.36. The van der Waals surface area contributed by atoms with Crippen LogP contribution in [0, 0.1) is 0 Å². The quantitative estimate of drug-likeness (QED) is 0.917. The molecule has 0 saturated carbocycles. The minimum atomic E-state index is -1.45. The molecule has 1 amide bonds. The maximum atomic E-state index is 12.6. The highest BCUT2D eigenvalue weighted by Gasteiger charge is 2.45. The monoisotopic (exact) mass is 281 g/mol. The van der Waals surface area contributed by atoms with Crippen molar-refractivity contribution >= 4 is 11.6 Å². The van der Waals surface area contributed by atoms with Crippen molar-refractivity contribution in [2.45, 2.75) is 19.1 Å². The second-order valence-corrected chi connectivity index (χ2v) is 5.05. The zero-order chi connectivity index (χ0) is 14.9. The van der Waals surface area contributed by atoms with Crippen LogP contribution >= 0.6 is 0 Å². The van der Waals surface area contributed by atoms with Crippen molar-refractivity contribution in [2.75, 3.05) is 0 Å². The minimum absolute atomic E-state index is 0.295. The van der Waals surface area contributed by atoms with Crippen LogP contribution in [0.2, 0.25) is 0 Å². The van der Waals surface area contributed by atoms with Crippen molar-refractivity contribution in [1.82, 2.24) is 9.99 Å². The molecule has 0 aliphatic carbocycles. The Labute approximate surface area is 122 Å². The number of nitrogens with zero attached hydrogens (tertiary/aromatic N) is 3. The number of hydrogen-bond donors (Lipinski definition) is 1. The molecule has 1 aliphatic rings. The maximum absolute atomic E-state index is 12.6. The van der Waals surface area contributed by atoms with Gasteiger partial charge in [-0.15, -0.1) is 0 Å². The van der Waals surface area contributed by atoms with E-state index in [1.807, 2.05) is 18.2 Å². The van der Waals surface area contributed by atoms with Gasteiger partial charge in [-0.1, -0.05) is 30.3 Å². The van der Waals surface area contributed by atoms with E-state index in [1.165, 1.54) is 6.20 Å². The molecule has 5 heteroatoms. The van der Waals surface area contributed by atoms with Gasteiger partial charge in [0.05, 0.1) is 5.56 Å². The Balaban J connectivity index is 2.01. The van der Waals surface area contributed by atoms with Crippen LogP contribution in [0.25, 0.3) is 0 Å². The fraction of sp³-hybridized carbons (Fsp3) is 0.188. The number of carbonyl (C=O) groups excluding carboxylic acids is 1. The van der Waals surface area contributed by atoms with Crippen LogP contribution in [0.3, 0.4) is 0 Å². The first-order valence-electron chi connectivity index (χ1n) is 6.68. The fourth-order valence-corrected chi connectivity index (χ4v) is 2.47. The summed E-state index contributed by atoms with van der Waals surface area (Å²) in [4.78, 5) is 16.5. The Bertz CT molecular complexity index is 685. The second-order valence-electron chi connectivity index (χ2n) is 5.05. The summed E-state index contributed by atoms with van der Waals surface area (Å²) in [7, 11) is 0. The van der Waals surface area contributed by atoms with Gasteiger partial charge < -0.3 is 5.11 Å². The van der Waals surface area contributed by atoms with Gasteiger partial charge >= 0.3 is 0 Å². The topological polar surface area (TPSA) is 65.8 Å². The molecule has 1 N–H and O–H groups in total. The van der Waals surface area contributed by atoms with E-state index in [-0.39, 0.29) is 5.91 Å². The Morgan fingerprint density at radius 2 is 2.00 bits per heavy atom. The molecule has 1 unspecified atom stereocenters. The third-order valence-electron chi connectivity index (χ3n) is 3.46. The molecule has 0 spiro atoms. The molecule has 1 atom stereocenters. The molecule has 2 aromatic rings. The van der Waals surface area contributed by atoms with Gasteiger partial charge in [0.2, 0.25) is 0 Å². The number of hydrazone groups is 1. The van der Waals surface area contributed by atoms with E-state index in [0.29, 0.717) is 23.3 Å². The third kappa shape index (κ3) is 2.32. The first kappa shape index (κ1) is 13.5. The zero-order valence-corrected chi connectivity index (χ0v) is 11.6. The Morgan fingerprint density at radius 3 is 2.67 bits per heavy atom. The van der Waals surface area contributed by atoms with Crippen LogP contribution in [0.5, 0.6) is 0 Å². The largest absolute Gasteiger partial charge is 0.365 e. The van der Waals surface area contributed by atoms with E-state index in [4.69, 9.17) is 0 Å². The molecule has 3 rings (SSSR count). The lowest BCUT2D eigenvalue weighted by atomic mass is 9.97. The minimum Gasteiger partial charge on any atom is -0.365 e. The zero-order valence-electron chi connectivity index (χ0n) is 11.6. The van der Waals surface area contributed by atoms with Crippen molar-refractivity contribution in [2.24, 2.45) is 5.10 Å². The Kier molecular flexibility index (Phi) is 3.27. The number of carbonyl (C=O) groups is 1. The average Bonchev–Trinajstić information content (AvgIpc) is 2.84. The maximum Gasteiger partial charge on any atom is 0.278 e. The molecule has 0 radical (unpaired) electrons. The number of pyridine rings is 1. The highest BCUT2D eigenvalue weighted by molar-refractivity contribution is 5.97. The lowest BCUT2D eigenvalue weighted by molar-refractivity contribution is -0.0765. The molecule has 0 fully saturated rings. The van der Waals surface area contributed by atoms with E-state index in [2.05, 4.69) is 10.1 Å². The first-order valence-corrected chi connectivity index (χ1v) is 6.68. The highest BCUT2D eigenvalue weighted by Crippen LogP contribution is 2.36. The molecule has 0 bridgehead atoms. The van der Waals surface area contributed by atoms with E-state index >= 15 is 0 Å². The first-order chi connectivity index (χ1) is 10.1. The van der Waals surface area contributed by atoms with Gasteiger partial charge in [-0.2, -0.15) is 10.1 Å². The third-order valence-corrected chi connectivity index (χ3v) is 3.46. The normalized spacial score (nSPS) is 21.2. The van der Waals surface area contributed by atoms with Gasteiger partial charge in [0.1, 0.15) is 0 Å². The molecule has 5 nitrogen and oxygen atoms in total. The van der Waals surface area contributed by atoms with Gasteiger partial charge in [-0.25, -0.2) is 0 Å². The predicted molar refractivity (Wildman–Crippen MR) is 78.5 cm³/mol. The van der Waals surface area contributed by atoms with Crippen LogP contribution in [0.15, 0.2) is 60.0 Å². The molecule has 1 aromatic carbocycles. The van der Waals surface area contributed by atoms with E-state index < -0.39 is 5.72 Å². The summed E-state index contributed by atoms with van der Waals surface area (Å²) in [6, 6.07) is 12.4. The van der Waals surface area contributed by atoms with Gasteiger partial charge in [-0.05, 0) is 19.1 Å². The summed E-state index contributed by atoms with van der Waals surface area (Å²) in [5, 5.41) is 16.4. The highest BCUT2D eigenvalue weighted by atomic mass is 16.3. The van der Waals surface area contributed by atoms with Crippen molar-refractivity contribution in [3.8, 4) is 0 Å². The molecule has 2 heterocycles. The smallest absolute Gasteiger partial charge is 0.278 e. The standard InChI is InChI=1S/C16H15N3O2/c1-12-10-16(21,14-7-3-2-4-8-14)19(18-12)15(20)13-6-5-9-17-11-13/h2-9,11,21H,10H2,1H3. The summed E-state index contributed by atoms with van der Waals surface area (Å²) in [5.74, 6) is -0.369. The summed E-state index contributed by atoms with van der Waals surface area (Å²) < 4.78 is 0. The average molecular weight is 281 g/mol. The number of aromatic nitrogens is 1. The number of rotatable bonds is 2. The van der Waals surface area contributed by atoms with Gasteiger partial charge in [0.15, 0.2) is 5.72 Å². The summed E-state index contributed by atoms with van der Waals surface area (Å²) in [5.41, 5.74) is 0.296. The Hall–Kier alpha value is -2.53. The summed E-state index contributed by atoms with van der Waals surface area (Å²) in [6.45, 7) is 1.80. The lowest BCUT2D eigenvalue weighted by Crippen LogP contribution is -2.43. The molecule has 106 valence electrons. The SMILES string of the molecule is CC1=NN(C(=O)c2cccnc2)C(O)(c2ccccc2)C1. The van der Waals surface area contributed by atoms with E-state index in [9.17, 15) is 9.90 Å². The number of hydrogen-bond acceptors (Lipinski definition) is 4. The van der Waals surface area contributed by atoms with E-state index in [1.54, 1.807) is 37.4 Å². The number of aliphatic hydroxyl groups is 1. The summed E-state index contributed by atoms with van der Waals surface area (Å²) >= 11 is 0. The molecule has 1 aliphatic heterocycles.